The van der Waals surface area contributed by atoms with Crippen LogP contribution in [-0.4, -0.2) is 61.4 Å². The van der Waals surface area contributed by atoms with Crippen LogP contribution in [0.5, 0.6) is 0 Å². The lowest BCUT2D eigenvalue weighted by Crippen LogP contribution is -2.31. The summed E-state index contributed by atoms with van der Waals surface area (Å²) in [5.74, 6) is 0.113. The average Bonchev–Trinajstić information content (AvgIpc) is 3.11. The molecule has 4 N–H and O–H groups in total. The zero-order valence-corrected chi connectivity index (χ0v) is 16.4. The molecule has 1 amide bonds. The summed E-state index contributed by atoms with van der Waals surface area (Å²) in [5, 5.41) is 24.2. The molecule has 0 unspecified atom stereocenters. The molecule has 0 spiro atoms. The van der Waals surface area contributed by atoms with Gasteiger partial charge in [0.2, 0.25) is 5.82 Å². The fourth-order valence-electron chi connectivity index (χ4n) is 2.45. The number of aliphatic hydroxyl groups is 2. The highest BCUT2D eigenvalue weighted by Gasteiger charge is 2.43. The summed E-state index contributed by atoms with van der Waals surface area (Å²) in [6.07, 6.45) is -3.05. The minimum atomic E-state index is -3.58. The second-order valence-electron chi connectivity index (χ2n) is 6.57. The number of aliphatic hydroxyl groups excluding tert-OH is 2. The van der Waals surface area contributed by atoms with E-state index in [1.54, 1.807) is 27.7 Å². The zero-order chi connectivity index (χ0) is 20.4. The summed E-state index contributed by atoms with van der Waals surface area (Å²) in [6, 6.07) is 0. The van der Waals surface area contributed by atoms with Crippen LogP contribution in [0.3, 0.4) is 0 Å². The maximum Gasteiger partial charge on any atom is 0.354 e. The number of nitrogens with two attached hydrogens (primary N) is 1. The first-order valence-corrected chi connectivity index (χ1v) is 10.0. The van der Waals surface area contributed by atoms with Crippen LogP contribution in [0.4, 0.5) is 0 Å². The van der Waals surface area contributed by atoms with Crippen molar-refractivity contribution in [1.29, 1.82) is 0 Å². The maximum atomic E-state index is 12.8. The normalized spacial score (nSPS) is 26.5. The number of rotatable bonds is 8. The number of primary amides is 1. The van der Waals surface area contributed by atoms with Crippen LogP contribution in [0.15, 0.2) is 18.2 Å². The Morgan fingerprint density at radius 3 is 2.37 bits per heavy atom. The molecule has 1 aliphatic heterocycles. The molecule has 2 heterocycles. The summed E-state index contributed by atoms with van der Waals surface area (Å²) in [5.41, 5.74) is 5.09. The van der Waals surface area contributed by atoms with Gasteiger partial charge >= 0.3 is 7.60 Å². The lowest BCUT2D eigenvalue weighted by Gasteiger charge is -2.20. The van der Waals surface area contributed by atoms with E-state index in [1.165, 1.54) is 11.9 Å². The van der Waals surface area contributed by atoms with Crippen LogP contribution >= 0.6 is 7.60 Å². The summed E-state index contributed by atoms with van der Waals surface area (Å²) < 4.78 is 30.2. The van der Waals surface area contributed by atoms with E-state index in [9.17, 15) is 19.6 Å². The lowest BCUT2D eigenvalue weighted by atomic mass is 10.1. The second kappa shape index (κ2) is 8.59. The van der Waals surface area contributed by atoms with Crippen molar-refractivity contribution in [3.63, 3.8) is 0 Å². The third kappa shape index (κ3) is 5.44. The Kier molecular flexibility index (Phi) is 6.90. The van der Waals surface area contributed by atoms with Gasteiger partial charge in [-0.25, -0.2) is 9.67 Å². The Hall–Kier alpha value is -1.62. The van der Waals surface area contributed by atoms with Crippen LogP contribution < -0.4 is 5.73 Å². The molecular weight excluding hydrogens is 379 g/mol. The third-order valence-corrected chi connectivity index (χ3v) is 5.41. The van der Waals surface area contributed by atoms with Crippen LogP contribution in [0, 0.1) is 0 Å². The van der Waals surface area contributed by atoms with Gasteiger partial charge in [0.1, 0.15) is 24.6 Å². The van der Waals surface area contributed by atoms with Gasteiger partial charge in [-0.1, -0.05) is 0 Å². The van der Waals surface area contributed by atoms with Crippen LogP contribution in [-0.2, 0) is 18.3 Å². The van der Waals surface area contributed by atoms with Crippen molar-refractivity contribution < 1.29 is 33.4 Å². The van der Waals surface area contributed by atoms with E-state index in [2.05, 4.69) is 10.1 Å². The minimum absolute atomic E-state index is 0.251. The van der Waals surface area contributed by atoms with Gasteiger partial charge in [-0.05, 0) is 33.8 Å². The Labute approximate surface area is 156 Å². The van der Waals surface area contributed by atoms with Crippen molar-refractivity contribution in [2.24, 2.45) is 5.73 Å². The Bertz CT molecular complexity index is 722. The number of hydrogen-bond donors (Lipinski definition) is 3. The molecule has 0 aliphatic carbocycles. The van der Waals surface area contributed by atoms with Gasteiger partial charge in [0.25, 0.3) is 5.91 Å². The van der Waals surface area contributed by atoms with E-state index >= 15 is 0 Å². The smallest absolute Gasteiger partial charge is 0.354 e. The predicted molar refractivity (Wildman–Crippen MR) is 93.7 cm³/mol. The number of aromatic nitrogens is 3. The number of carbonyl (C=O) groups is 1. The van der Waals surface area contributed by atoms with E-state index in [0.717, 1.165) is 11.0 Å². The highest BCUT2D eigenvalue weighted by Crippen LogP contribution is 2.52. The second-order valence-corrected chi connectivity index (χ2v) is 8.37. The first-order valence-electron chi connectivity index (χ1n) is 8.41. The maximum absolute atomic E-state index is 12.8. The quantitative estimate of drug-likeness (QED) is 0.526. The standard InChI is InChI=1S/C15H25N4O7P/c1-8(2)25-27(23,26-9(3)4)6-5-10-11(20)12(21)15(24-10)19-7-17-14(18-19)13(16)22/h5-12,15,20-21H,1-4H3,(H2,16,22)/b6-5+/t10-,11-,12-,15-/m1/s1. The summed E-state index contributed by atoms with van der Waals surface area (Å²) in [7, 11) is -3.58. The highest BCUT2D eigenvalue weighted by molar-refractivity contribution is 7.57. The van der Waals surface area contributed by atoms with Gasteiger partial charge in [0.05, 0.1) is 12.2 Å². The largest absolute Gasteiger partial charge is 0.387 e. The molecule has 0 bridgehead atoms. The monoisotopic (exact) mass is 404 g/mol. The highest BCUT2D eigenvalue weighted by atomic mass is 31.2. The van der Waals surface area contributed by atoms with Crippen LogP contribution in [0.25, 0.3) is 0 Å². The molecule has 27 heavy (non-hydrogen) atoms. The van der Waals surface area contributed by atoms with Crippen molar-refractivity contribution in [1.82, 2.24) is 14.8 Å². The molecular formula is C15H25N4O7P. The molecule has 2 rings (SSSR count). The van der Waals surface area contributed by atoms with E-state index in [1.807, 2.05) is 0 Å². The SMILES string of the molecule is CC(C)OP(=O)(/C=C/[C@H]1O[C@@H](n2cnc(C(N)=O)n2)[C@H](O)[C@@H]1O)OC(C)C. The number of nitrogens with zero attached hydrogens (tertiary/aromatic N) is 3. The molecule has 152 valence electrons. The molecule has 11 nitrogen and oxygen atoms in total. The minimum Gasteiger partial charge on any atom is -0.387 e. The molecule has 12 heteroatoms. The van der Waals surface area contributed by atoms with Gasteiger partial charge in [-0.2, -0.15) is 0 Å². The Morgan fingerprint density at radius 2 is 1.89 bits per heavy atom. The lowest BCUT2D eigenvalue weighted by molar-refractivity contribution is -0.0346. The molecule has 0 saturated carbocycles. The molecule has 1 saturated heterocycles. The first kappa shape index (κ1) is 21.7. The predicted octanol–water partition coefficient (Wildman–Crippen LogP) is 0.553. The summed E-state index contributed by atoms with van der Waals surface area (Å²) >= 11 is 0. The third-order valence-electron chi connectivity index (χ3n) is 3.44. The number of ether oxygens (including phenoxy) is 1. The first-order chi connectivity index (χ1) is 12.5. The van der Waals surface area contributed by atoms with E-state index in [-0.39, 0.29) is 18.0 Å². The van der Waals surface area contributed by atoms with Gasteiger partial charge < -0.3 is 29.7 Å². The average molecular weight is 404 g/mol. The van der Waals surface area contributed by atoms with E-state index < -0.39 is 38.0 Å². The van der Waals surface area contributed by atoms with Crippen molar-refractivity contribution in [3.05, 3.63) is 24.0 Å². The van der Waals surface area contributed by atoms with Gasteiger partial charge in [-0.3, -0.25) is 9.36 Å². The van der Waals surface area contributed by atoms with Gasteiger partial charge in [0, 0.05) is 5.82 Å². The van der Waals surface area contributed by atoms with Crippen molar-refractivity contribution in [2.45, 2.75) is 64.4 Å². The van der Waals surface area contributed by atoms with Crippen LogP contribution in [0.1, 0.15) is 44.5 Å². The van der Waals surface area contributed by atoms with Gasteiger partial charge in [-0.15, -0.1) is 5.10 Å². The molecule has 1 aromatic rings. The molecule has 0 radical (unpaired) electrons. The fraction of sp³-hybridized carbons (Fsp3) is 0.667. The molecule has 0 aromatic carbocycles. The van der Waals surface area contributed by atoms with Crippen LogP contribution in [0.2, 0.25) is 0 Å². The molecule has 1 aliphatic rings. The van der Waals surface area contributed by atoms with Crippen molar-refractivity contribution >= 4 is 13.5 Å². The number of amides is 1. The topological polar surface area (TPSA) is 159 Å². The molecule has 1 fully saturated rings. The fourth-order valence-corrected chi connectivity index (χ4v) is 4.19. The van der Waals surface area contributed by atoms with E-state index in [0.29, 0.717) is 0 Å². The number of carbonyl (C=O) groups excluding carboxylic acids is 1. The molecule has 1 aromatic heterocycles. The van der Waals surface area contributed by atoms with Crippen molar-refractivity contribution in [2.75, 3.05) is 0 Å². The van der Waals surface area contributed by atoms with Gasteiger partial charge in [0.15, 0.2) is 6.23 Å². The number of hydrogen-bond acceptors (Lipinski definition) is 9. The Balaban J connectivity index is 2.16. The molecule has 4 atom stereocenters. The Morgan fingerprint density at radius 1 is 1.30 bits per heavy atom. The van der Waals surface area contributed by atoms with E-state index in [4.69, 9.17) is 19.5 Å². The zero-order valence-electron chi connectivity index (χ0n) is 15.5. The summed E-state index contributed by atoms with van der Waals surface area (Å²) in [6.45, 7) is 6.86. The van der Waals surface area contributed by atoms with Crippen molar-refractivity contribution in [3.8, 4) is 0 Å². The summed E-state index contributed by atoms with van der Waals surface area (Å²) in [4.78, 5) is 14.8.